The van der Waals surface area contributed by atoms with Gasteiger partial charge >= 0.3 is 0 Å². The van der Waals surface area contributed by atoms with Crippen LogP contribution in [0, 0.1) is 5.92 Å². The van der Waals surface area contributed by atoms with Gasteiger partial charge in [-0.05, 0) is 30.9 Å². The van der Waals surface area contributed by atoms with E-state index in [4.69, 9.17) is 10.5 Å². The first-order valence-electron chi connectivity index (χ1n) is 9.12. The standard InChI is InChI=1S/C17H20F2N4O5S/c18-17(19)7-22(8-17)12-4-3-11(21-15(12)28-5-10-1-2-10)16(25)23-9-29(26,27)6-13(23)14(20)24/h3-4,10,13H,1-2,5-9H2,(H2,20,24)/t13-/m0/s1. The number of aromatic nitrogens is 1. The number of ether oxygens (including phenoxy) is 1. The summed E-state index contributed by atoms with van der Waals surface area (Å²) in [6.45, 7) is -0.602. The molecule has 1 atom stereocenters. The van der Waals surface area contributed by atoms with Gasteiger partial charge in [0.25, 0.3) is 11.8 Å². The van der Waals surface area contributed by atoms with Gasteiger partial charge in [-0.15, -0.1) is 0 Å². The molecular weight excluding hydrogens is 410 g/mol. The molecule has 12 heteroatoms. The van der Waals surface area contributed by atoms with Crippen LogP contribution in [0.25, 0.3) is 0 Å². The van der Waals surface area contributed by atoms with Crippen LogP contribution in [0.4, 0.5) is 14.5 Å². The predicted octanol–water partition coefficient (Wildman–Crippen LogP) is 0.00770. The van der Waals surface area contributed by atoms with Crippen molar-refractivity contribution in [2.45, 2.75) is 24.8 Å². The van der Waals surface area contributed by atoms with E-state index in [0.29, 0.717) is 18.2 Å². The van der Waals surface area contributed by atoms with Crippen LogP contribution in [-0.2, 0) is 14.6 Å². The number of carbonyl (C=O) groups is 2. The van der Waals surface area contributed by atoms with Crippen molar-refractivity contribution in [1.29, 1.82) is 0 Å². The van der Waals surface area contributed by atoms with E-state index >= 15 is 0 Å². The minimum absolute atomic E-state index is 0.0379. The maximum atomic E-state index is 13.3. The van der Waals surface area contributed by atoms with Gasteiger partial charge in [0.2, 0.25) is 11.8 Å². The number of alkyl halides is 2. The van der Waals surface area contributed by atoms with Gasteiger partial charge in [0.05, 0.1) is 25.4 Å². The number of hydrogen-bond donors (Lipinski definition) is 1. The van der Waals surface area contributed by atoms with E-state index in [9.17, 15) is 26.8 Å². The Hall–Kier alpha value is -2.50. The average Bonchev–Trinajstić information content (AvgIpc) is 3.38. The molecule has 1 aromatic rings. The van der Waals surface area contributed by atoms with Crippen LogP contribution in [0.1, 0.15) is 23.3 Å². The summed E-state index contributed by atoms with van der Waals surface area (Å²) in [7, 11) is -3.64. The molecule has 2 amide bonds. The zero-order valence-electron chi connectivity index (χ0n) is 15.4. The number of sulfone groups is 1. The number of primary amides is 1. The highest BCUT2D eigenvalue weighted by atomic mass is 32.2. The molecule has 158 valence electrons. The molecule has 0 aromatic carbocycles. The summed E-state index contributed by atoms with van der Waals surface area (Å²) >= 11 is 0. The topological polar surface area (TPSA) is 123 Å². The van der Waals surface area contributed by atoms with Crippen LogP contribution < -0.4 is 15.4 Å². The highest BCUT2D eigenvalue weighted by Gasteiger charge is 2.46. The summed E-state index contributed by atoms with van der Waals surface area (Å²) in [5.74, 6) is -5.28. The van der Waals surface area contributed by atoms with Crippen molar-refractivity contribution in [1.82, 2.24) is 9.88 Å². The van der Waals surface area contributed by atoms with Gasteiger partial charge in [0.15, 0.2) is 9.84 Å². The van der Waals surface area contributed by atoms with Crippen LogP contribution in [0.2, 0.25) is 0 Å². The summed E-state index contributed by atoms with van der Waals surface area (Å²) < 4.78 is 56.0. The SMILES string of the molecule is NC(=O)[C@@H]1CS(=O)(=O)CN1C(=O)c1ccc(N2CC(F)(F)C2)c(OCC2CC2)n1. The van der Waals surface area contributed by atoms with Crippen LogP contribution in [0.5, 0.6) is 5.88 Å². The normalized spacial score (nSPS) is 24.8. The number of pyridine rings is 1. The number of rotatable bonds is 6. The minimum atomic E-state index is -3.64. The third-order valence-corrected chi connectivity index (χ3v) is 6.61. The van der Waals surface area contributed by atoms with Crippen molar-refractivity contribution >= 4 is 27.3 Å². The Morgan fingerprint density at radius 2 is 1.97 bits per heavy atom. The molecule has 3 aliphatic rings. The van der Waals surface area contributed by atoms with Gasteiger partial charge in [0, 0.05) is 0 Å². The molecule has 0 bridgehead atoms. The van der Waals surface area contributed by atoms with Crippen molar-refractivity contribution in [3.05, 3.63) is 17.8 Å². The first-order chi connectivity index (χ1) is 13.5. The van der Waals surface area contributed by atoms with Crippen LogP contribution >= 0.6 is 0 Å². The third-order valence-electron chi connectivity index (χ3n) is 5.11. The quantitative estimate of drug-likeness (QED) is 0.674. The highest BCUT2D eigenvalue weighted by molar-refractivity contribution is 7.91. The van der Waals surface area contributed by atoms with Crippen molar-refractivity contribution in [3.8, 4) is 5.88 Å². The van der Waals surface area contributed by atoms with Gasteiger partial charge in [-0.1, -0.05) is 0 Å². The Morgan fingerprint density at radius 1 is 1.28 bits per heavy atom. The summed E-state index contributed by atoms with van der Waals surface area (Å²) in [6.07, 6.45) is 2.00. The maximum absolute atomic E-state index is 13.3. The molecule has 0 radical (unpaired) electrons. The van der Waals surface area contributed by atoms with E-state index in [1.54, 1.807) is 0 Å². The molecule has 1 aromatic heterocycles. The number of carbonyl (C=O) groups excluding carboxylic acids is 2. The molecule has 1 saturated carbocycles. The molecule has 3 heterocycles. The van der Waals surface area contributed by atoms with E-state index in [0.717, 1.165) is 17.7 Å². The fourth-order valence-corrected chi connectivity index (χ4v) is 4.98. The largest absolute Gasteiger partial charge is 0.476 e. The third kappa shape index (κ3) is 4.11. The Balaban J connectivity index is 1.60. The second-order valence-corrected chi connectivity index (χ2v) is 9.80. The number of nitrogens with two attached hydrogens (primary N) is 1. The number of halogens is 2. The molecule has 29 heavy (non-hydrogen) atoms. The Morgan fingerprint density at radius 3 is 2.55 bits per heavy atom. The maximum Gasteiger partial charge on any atom is 0.282 e. The summed E-state index contributed by atoms with van der Waals surface area (Å²) in [5.41, 5.74) is 5.44. The van der Waals surface area contributed by atoms with Crippen LogP contribution in [0.3, 0.4) is 0 Å². The molecule has 2 N–H and O–H groups in total. The molecule has 2 saturated heterocycles. The van der Waals surface area contributed by atoms with Crippen molar-refractivity contribution in [3.63, 3.8) is 0 Å². The zero-order chi connectivity index (χ0) is 21.0. The first kappa shape index (κ1) is 19.8. The van der Waals surface area contributed by atoms with Crippen molar-refractivity contribution in [2.75, 3.05) is 36.2 Å². The van der Waals surface area contributed by atoms with Crippen LogP contribution in [-0.4, -0.2) is 73.4 Å². The lowest BCUT2D eigenvalue weighted by Gasteiger charge is -2.40. The number of nitrogens with zero attached hydrogens (tertiary/aromatic N) is 3. The average molecular weight is 430 g/mol. The van der Waals surface area contributed by atoms with Gasteiger partial charge in [-0.2, -0.15) is 0 Å². The number of hydrogen-bond acceptors (Lipinski definition) is 7. The minimum Gasteiger partial charge on any atom is -0.476 e. The molecule has 1 aliphatic carbocycles. The van der Waals surface area contributed by atoms with E-state index in [-0.39, 0.29) is 11.6 Å². The lowest BCUT2D eigenvalue weighted by atomic mass is 10.1. The first-order valence-corrected chi connectivity index (χ1v) is 10.9. The summed E-state index contributed by atoms with van der Waals surface area (Å²) in [5, 5.41) is 0. The summed E-state index contributed by atoms with van der Waals surface area (Å²) in [6, 6.07) is 1.47. The van der Waals surface area contributed by atoms with Gasteiger partial charge in [0.1, 0.15) is 23.3 Å². The fraction of sp³-hybridized carbons (Fsp3) is 0.588. The van der Waals surface area contributed by atoms with Gasteiger partial charge in [-0.3, -0.25) is 9.59 Å². The number of anilines is 1. The monoisotopic (exact) mass is 430 g/mol. The molecule has 2 aliphatic heterocycles. The second kappa shape index (κ2) is 6.78. The lowest BCUT2D eigenvalue weighted by molar-refractivity contribution is -0.121. The number of amides is 2. The Bertz CT molecular complexity index is 959. The molecule has 4 rings (SSSR count). The van der Waals surface area contributed by atoms with Crippen molar-refractivity contribution < 1.29 is 31.5 Å². The summed E-state index contributed by atoms with van der Waals surface area (Å²) in [4.78, 5) is 30.8. The molecule has 0 unspecified atom stereocenters. The van der Waals surface area contributed by atoms with E-state index in [1.807, 2.05) is 0 Å². The molecule has 0 spiro atoms. The van der Waals surface area contributed by atoms with E-state index in [1.165, 1.54) is 17.0 Å². The van der Waals surface area contributed by atoms with E-state index < -0.39 is 58.3 Å². The van der Waals surface area contributed by atoms with Crippen molar-refractivity contribution in [2.24, 2.45) is 11.7 Å². The molecular formula is C17H20F2N4O5S. The fourth-order valence-electron chi connectivity index (χ4n) is 3.33. The van der Waals surface area contributed by atoms with E-state index in [2.05, 4.69) is 4.98 Å². The second-order valence-electron chi connectivity index (χ2n) is 7.72. The predicted molar refractivity (Wildman–Crippen MR) is 97.4 cm³/mol. The Labute approximate surface area is 165 Å². The zero-order valence-corrected chi connectivity index (χ0v) is 16.2. The van der Waals surface area contributed by atoms with Gasteiger partial charge < -0.3 is 20.3 Å². The smallest absolute Gasteiger partial charge is 0.282 e. The van der Waals surface area contributed by atoms with Gasteiger partial charge in [-0.25, -0.2) is 22.2 Å². The van der Waals surface area contributed by atoms with Crippen LogP contribution in [0.15, 0.2) is 12.1 Å². The molecule has 9 nitrogen and oxygen atoms in total. The molecule has 3 fully saturated rings. The lowest BCUT2D eigenvalue weighted by Crippen LogP contribution is -2.56. The Kier molecular flexibility index (Phi) is 4.63. The highest BCUT2D eigenvalue weighted by Crippen LogP contribution is 2.38.